The number of hydrogen-bond acceptors (Lipinski definition) is 6. The first-order valence-electron chi connectivity index (χ1n) is 9.97. The van der Waals surface area contributed by atoms with Gasteiger partial charge in [0, 0.05) is 32.2 Å². The van der Waals surface area contributed by atoms with Crippen LogP contribution in [0, 0.1) is 0 Å². The lowest BCUT2D eigenvalue weighted by molar-refractivity contribution is 0.0570. The molecule has 1 fully saturated rings. The molecule has 0 aromatic heterocycles. The Labute approximate surface area is 165 Å². The Morgan fingerprint density at radius 3 is 2.68 bits per heavy atom. The summed E-state index contributed by atoms with van der Waals surface area (Å²) in [4.78, 5) is 4.78. The number of anilines is 1. The van der Waals surface area contributed by atoms with Crippen LogP contribution in [0.5, 0.6) is 17.2 Å². The van der Waals surface area contributed by atoms with E-state index in [0.717, 1.165) is 61.1 Å². The number of methoxy groups -OCH3 is 1. The second-order valence-corrected chi connectivity index (χ2v) is 7.61. The van der Waals surface area contributed by atoms with E-state index in [2.05, 4.69) is 21.9 Å². The van der Waals surface area contributed by atoms with Crippen molar-refractivity contribution >= 4 is 5.69 Å². The van der Waals surface area contributed by atoms with Crippen molar-refractivity contribution in [1.82, 2.24) is 4.90 Å². The van der Waals surface area contributed by atoms with Gasteiger partial charge in [-0.1, -0.05) is 12.1 Å². The fourth-order valence-electron chi connectivity index (χ4n) is 4.64. The molecule has 0 saturated carbocycles. The molecule has 0 radical (unpaired) electrons. The fraction of sp³-hybridized carbons (Fsp3) is 0.455. The van der Waals surface area contributed by atoms with E-state index in [1.165, 1.54) is 5.56 Å². The average molecular weight is 382 g/mol. The van der Waals surface area contributed by atoms with Crippen LogP contribution in [-0.2, 0) is 6.42 Å². The van der Waals surface area contributed by atoms with Crippen LogP contribution in [0.2, 0.25) is 0 Å². The van der Waals surface area contributed by atoms with Crippen LogP contribution < -0.4 is 19.1 Å². The maximum atomic E-state index is 10.9. The van der Waals surface area contributed by atoms with Crippen LogP contribution in [0.15, 0.2) is 36.4 Å². The van der Waals surface area contributed by atoms with Crippen molar-refractivity contribution in [1.29, 1.82) is 0 Å². The zero-order valence-corrected chi connectivity index (χ0v) is 16.1. The van der Waals surface area contributed by atoms with Gasteiger partial charge in [-0.2, -0.15) is 0 Å². The van der Waals surface area contributed by atoms with Crippen molar-refractivity contribution in [2.75, 3.05) is 51.4 Å². The largest absolute Gasteiger partial charge is 0.497 e. The number of hydrogen-bond donors (Lipinski definition) is 1. The molecule has 0 amide bonds. The van der Waals surface area contributed by atoms with Crippen LogP contribution in [0.4, 0.5) is 5.69 Å². The van der Waals surface area contributed by atoms with E-state index in [4.69, 9.17) is 14.2 Å². The predicted octanol–water partition coefficient (Wildman–Crippen LogP) is 2.25. The predicted molar refractivity (Wildman–Crippen MR) is 107 cm³/mol. The summed E-state index contributed by atoms with van der Waals surface area (Å²) < 4.78 is 16.9. The molecule has 6 heteroatoms. The summed E-state index contributed by atoms with van der Waals surface area (Å²) in [6.45, 7) is 4.84. The number of aliphatic hydroxyl groups excluding tert-OH is 1. The van der Waals surface area contributed by atoms with Crippen molar-refractivity contribution in [3.63, 3.8) is 0 Å². The average Bonchev–Trinajstić information content (AvgIpc) is 3.09. The number of benzene rings is 2. The molecule has 28 heavy (non-hydrogen) atoms. The molecule has 1 N–H and O–H groups in total. The van der Waals surface area contributed by atoms with Gasteiger partial charge in [0.1, 0.15) is 19.0 Å². The lowest BCUT2D eigenvalue weighted by Gasteiger charge is -2.40. The summed E-state index contributed by atoms with van der Waals surface area (Å²) in [5.74, 6) is 2.50. The standard InChI is InChI=1S/C22H26N2O4/c1-26-16-6-5-15-13-19(21(25)17(15)14-16)24-9-7-23(8-10-24)18-3-2-4-20-22(18)28-12-11-27-20/h2-6,14,19,21,25H,7-13H2,1H3/t19-,21+/m0/s1. The summed E-state index contributed by atoms with van der Waals surface area (Å²) >= 11 is 0. The maximum absolute atomic E-state index is 10.9. The van der Waals surface area contributed by atoms with Crippen LogP contribution in [-0.4, -0.2) is 62.6 Å². The summed E-state index contributed by atoms with van der Waals surface area (Å²) in [6.07, 6.45) is 0.427. The summed E-state index contributed by atoms with van der Waals surface area (Å²) in [5, 5.41) is 10.9. The number of aliphatic hydroxyl groups is 1. The molecule has 3 aliphatic rings. The third kappa shape index (κ3) is 2.97. The Hall–Kier alpha value is -2.44. The first kappa shape index (κ1) is 17.6. The molecule has 0 bridgehead atoms. The van der Waals surface area contributed by atoms with Gasteiger partial charge in [-0.15, -0.1) is 0 Å². The van der Waals surface area contributed by atoms with E-state index in [0.29, 0.717) is 13.2 Å². The third-order valence-electron chi connectivity index (χ3n) is 6.13. The SMILES string of the molecule is COc1ccc2c(c1)[C@@H](O)[C@@H](N1CCN(c3cccc4c3OCCO4)CC1)C2. The molecule has 5 rings (SSSR count). The second kappa shape index (κ2) is 7.18. The lowest BCUT2D eigenvalue weighted by atomic mass is 10.1. The quantitative estimate of drug-likeness (QED) is 0.879. The molecule has 2 heterocycles. The van der Waals surface area contributed by atoms with Crippen LogP contribution >= 0.6 is 0 Å². The molecule has 2 aromatic carbocycles. The Morgan fingerprint density at radius 2 is 1.86 bits per heavy atom. The zero-order chi connectivity index (χ0) is 19.1. The topological polar surface area (TPSA) is 54.4 Å². The van der Waals surface area contributed by atoms with Crippen molar-refractivity contribution in [2.45, 2.75) is 18.6 Å². The van der Waals surface area contributed by atoms with Gasteiger partial charge in [-0.25, -0.2) is 0 Å². The summed E-state index contributed by atoms with van der Waals surface area (Å²) in [5.41, 5.74) is 3.34. The van der Waals surface area contributed by atoms with E-state index >= 15 is 0 Å². The second-order valence-electron chi connectivity index (χ2n) is 7.61. The number of nitrogens with zero attached hydrogens (tertiary/aromatic N) is 2. The zero-order valence-electron chi connectivity index (χ0n) is 16.1. The van der Waals surface area contributed by atoms with Gasteiger partial charge < -0.3 is 24.2 Å². The molecular weight excluding hydrogens is 356 g/mol. The minimum absolute atomic E-state index is 0.133. The van der Waals surface area contributed by atoms with E-state index in [-0.39, 0.29) is 6.04 Å². The van der Waals surface area contributed by atoms with Crippen LogP contribution in [0.1, 0.15) is 17.2 Å². The lowest BCUT2D eigenvalue weighted by Crippen LogP contribution is -2.51. The molecule has 2 aliphatic heterocycles. The first-order valence-corrected chi connectivity index (χ1v) is 9.97. The normalized spacial score (nSPS) is 24.1. The van der Waals surface area contributed by atoms with Crippen molar-refractivity contribution in [3.05, 3.63) is 47.5 Å². The molecular formula is C22H26N2O4. The fourth-order valence-corrected chi connectivity index (χ4v) is 4.64. The van der Waals surface area contributed by atoms with Gasteiger partial charge in [0.25, 0.3) is 0 Å². The Bertz CT molecular complexity index is 864. The smallest absolute Gasteiger partial charge is 0.184 e. The Kier molecular flexibility index (Phi) is 4.53. The minimum Gasteiger partial charge on any atom is -0.497 e. The molecule has 1 aliphatic carbocycles. The van der Waals surface area contributed by atoms with Crippen molar-refractivity contribution in [2.24, 2.45) is 0 Å². The highest BCUT2D eigenvalue weighted by Gasteiger charge is 2.37. The van der Waals surface area contributed by atoms with Gasteiger partial charge in [0.2, 0.25) is 0 Å². The first-order chi connectivity index (χ1) is 13.7. The molecule has 0 spiro atoms. The number of piperazine rings is 1. The molecule has 148 valence electrons. The molecule has 2 aromatic rings. The monoisotopic (exact) mass is 382 g/mol. The highest BCUT2D eigenvalue weighted by Crippen LogP contribution is 2.41. The van der Waals surface area contributed by atoms with Gasteiger partial charge >= 0.3 is 0 Å². The minimum atomic E-state index is -0.460. The van der Waals surface area contributed by atoms with Gasteiger partial charge in [-0.05, 0) is 41.8 Å². The Morgan fingerprint density at radius 1 is 1.04 bits per heavy atom. The van der Waals surface area contributed by atoms with Crippen molar-refractivity contribution < 1.29 is 19.3 Å². The van der Waals surface area contributed by atoms with Gasteiger partial charge in [0.05, 0.1) is 18.9 Å². The van der Waals surface area contributed by atoms with Gasteiger partial charge in [0.15, 0.2) is 11.5 Å². The van der Waals surface area contributed by atoms with E-state index in [1.807, 2.05) is 24.3 Å². The van der Waals surface area contributed by atoms with Crippen LogP contribution in [0.3, 0.4) is 0 Å². The van der Waals surface area contributed by atoms with E-state index in [9.17, 15) is 5.11 Å². The summed E-state index contributed by atoms with van der Waals surface area (Å²) in [7, 11) is 1.66. The molecule has 1 saturated heterocycles. The Balaban J connectivity index is 1.28. The van der Waals surface area contributed by atoms with Crippen LogP contribution in [0.25, 0.3) is 0 Å². The van der Waals surface area contributed by atoms with E-state index in [1.54, 1.807) is 7.11 Å². The number of para-hydroxylation sites is 1. The highest BCUT2D eigenvalue weighted by atomic mass is 16.6. The van der Waals surface area contributed by atoms with E-state index < -0.39 is 6.10 Å². The number of rotatable bonds is 3. The number of fused-ring (bicyclic) bond motifs is 2. The van der Waals surface area contributed by atoms with Crippen molar-refractivity contribution in [3.8, 4) is 17.2 Å². The number of ether oxygens (including phenoxy) is 3. The molecule has 6 nitrogen and oxygen atoms in total. The summed E-state index contributed by atoms with van der Waals surface area (Å²) in [6, 6.07) is 12.3. The molecule has 0 unspecified atom stereocenters. The maximum Gasteiger partial charge on any atom is 0.184 e. The third-order valence-corrected chi connectivity index (χ3v) is 6.13. The van der Waals surface area contributed by atoms with Gasteiger partial charge in [-0.3, -0.25) is 4.90 Å². The molecule has 2 atom stereocenters. The highest BCUT2D eigenvalue weighted by molar-refractivity contribution is 5.65.